The summed E-state index contributed by atoms with van der Waals surface area (Å²) in [6.45, 7) is 2.30. The number of aromatic hydroxyl groups is 1. The van der Waals surface area contributed by atoms with Gasteiger partial charge in [0.05, 0.1) is 11.6 Å². The normalized spacial score (nSPS) is 9.94. The summed E-state index contributed by atoms with van der Waals surface area (Å²) < 4.78 is 0. The van der Waals surface area contributed by atoms with Gasteiger partial charge in [-0.25, -0.2) is 0 Å². The fourth-order valence-electron chi connectivity index (χ4n) is 1.40. The van der Waals surface area contributed by atoms with Crippen molar-refractivity contribution >= 4 is 23.4 Å². The van der Waals surface area contributed by atoms with E-state index in [1.807, 2.05) is 0 Å². The number of nitrogens with one attached hydrogen (secondary N) is 1. The standard InChI is InChI=1S/C12H15ClN2O3/c1-3-14-11(17)7-15(2)12(18)8-4-5-10(16)9(13)6-8/h4-6,16H,3,7H2,1-2H3,(H,14,17). The molecule has 0 saturated heterocycles. The zero-order valence-corrected chi connectivity index (χ0v) is 11.0. The van der Waals surface area contributed by atoms with Crippen LogP contribution in [0.15, 0.2) is 18.2 Å². The lowest BCUT2D eigenvalue weighted by molar-refractivity contribution is -0.121. The second-order valence-corrected chi connectivity index (χ2v) is 4.19. The van der Waals surface area contributed by atoms with E-state index >= 15 is 0 Å². The molecule has 0 saturated carbocycles. The molecule has 2 N–H and O–H groups in total. The summed E-state index contributed by atoms with van der Waals surface area (Å²) in [6.07, 6.45) is 0. The lowest BCUT2D eigenvalue weighted by atomic mass is 10.2. The highest BCUT2D eigenvalue weighted by atomic mass is 35.5. The van der Waals surface area contributed by atoms with Gasteiger partial charge in [-0.2, -0.15) is 0 Å². The van der Waals surface area contributed by atoms with E-state index < -0.39 is 0 Å². The molecule has 0 radical (unpaired) electrons. The summed E-state index contributed by atoms with van der Waals surface area (Å²) >= 11 is 5.72. The third-order valence-electron chi connectivity index (χ3n) is 2.30. The maximum absolute atomic E-state index is 12.0. The molecule has 0 aliphatic carbocycles. The van der Waals surface area contributed by atoms with Gasteiger partial charge in [0.25, 0.3) is 5.91 Å². The van der Waals surface area contributed by atoms with Gasteiger partial charge in [-0.1, -0.05) is 11.6 Å². The van der Waals surface area contributed by atoms with Crippen LogP contribution in [0.4, 0.5) is 0 Å². The summed E-state index contributed by atoms with van der Waals surface area (Å²) in [4.78, 5) is 24.6. The predicted molar refractivity (Wildman–Crippen MR) is 68.8 cm³/mol. The van der Waals surface area contributed by atoms with Gasteiger partial charge >= 0.3 is 0 Å². The Bertz CT molecular complexity index is 463. The molecule has 0 aliphatic rings. The van der Waals surface area contributed by atoms with E-state index in [4.69, 9.17) is 11.6 Å². The van der Waals surface area contributed by atoms with E-state index in [1.54, 1.807) is 6.92 Å². The predicted octanol–water partition coefficient (Wildman–Crippen LogP) is 1.25. The molecule has 5 nitrogen and oxygen atoms in total. The number of hydrogen-bond donors (Lipinski definition) is 2. The third kappa shape index (κ3) is 3.63. The van der Waals surface area contributed by atoms with Crippen molar-refractivity contribution in [2.24, 2.45) is 0 Å². The first-order valence-corrected chi connectivity index (χ1v) is 5.84. The van der Waals surface area contributed by atoms with Crippen LogP contribution in [0.1, 0.15) is 17.3 Å². The highest BCUT2D eigenvalue weighted by Gasteiger charge is 2.15. The van der Waals surface area contributed by atoms with E-state index in [0.29, 0.717) is 12.1 Å². The van der Waals surface area contributed by atoms with E-state index in [1.165, 1.54) is 30.1 Å². The molecule has 1 aromatic rings. The molecule has 0 bridgehead atoms. The summed E-state index contributed by atoms with van der Waals surface area (Å²) in [6, 6.07) is 4.17. The molecular weight excluding hydrogens is 256 g/mol. The molecule has 98 valence electrons. The second-order valence-electron chi connectivity index (χ2n) is 3.78. The number of hydrogen-bond acceptors (Lipinski definition) is 3. The van der Waals surface area contributed by atoms with E-state index in [0.717, 1.165) is 0 Å². The lowest BCUT2D eigenvalue weighted by Gasteiger charge is -2.16. The molecule has 6 heteroatoms. The van der Waals surface area contributed by atoms with Crippen LogP contribution in [-0.4, -0.2) is 42.0 Å². The number of phenolic OH excluding ortho intramolecular Hbond substituents is 1. The first-order valence-electron chi connectivity index (χ1n) is 5.46. The first kappa shape index (κ1) is 14.3. The molecule has 18 heavy (non-hydrogen) atoms. The van der Waals surface area contributed by atoms with Gasteiger partial charge in [0.2, 0.25) is 5.91 Å². The Hall–Kier alpha value is -1.75. The minimum absolute atomic E-state index is 0.0226. The summed E-state index contributed by atoms with van der Waals surface area (Å²) in [7, 11) is 1.53. The zero-order chi connectivity index (χ0) is 13.7. The van der Waals surface area contributed by atoms with Gasteiger partial charge in [0.1, 0.15) is 5.75 Å². The molecule has 0 spiro atoms. The number of nitrogens with zero attached hydrogens (tertiary/aromatic N) is 1. The Morgan fingerprint density at radius 3 is 2.67 bits per heavy atom. The molecule has 0 aliphatic heterocycles. The number of benzene rings is 1. The fraction of sp³-hybridized carbons (Fsp3) is 0.333. The summed E-state index contributed by atoms with van der Waals surface area (Å²) in [5, 5.41) is 12.0. The van der Waals surface area contributed by atoms with Crippen LogP contribution in [0.3, 0.4) is 0 Å². The number of rotatable bonds is 4. The fourth-order valence-corrected chi connectivity index (χ4v) is 1.58. The number of carbonyl (C=O) groups is 2. The van der Waals surface area contributed by atoms with E-state index in [9.17, 15) is 14.7 Å². The average molecular weight is 271 g/mol. The van der Waals surface area contributed by atoms with Gasteiger partial charge in [0.15, 0.2) is 0 Å². The minimum Gasteiger partial charge on any atom is -0.506 e. The van der Waals surface area contributed by atoms with Gasteiger partial charge in [-0.05, 0) is 25.1 Å². The molecular formula is C12H15ClN2O3. The highest BCUT2D eigenvalue weighted by Crippen LogP contribution is 2.24. The molecule has 0 aromatic heterocycles. The Kier molecular flexibility index (Phi) is 4.97. The van der Waals surface area contributed by atoms with Crippen LogP contribution >= 0.6 is 11.6 Å². The highest BCUT2D eigenvalue weighted by molar-refractivity contribution is 6.32. The van der Waals surface area contributed by atoms with Crippen molar-refractivity contribution in [3.63, 3.8) is 0 Å². The molecule has 0 fully saturated rings. The smallest absolute Gasteiger partial charge is 0.254 e. The van der Waals surface area contributed by atoms with Crippen molar-refractivity contribution < 1.29 is 14.7 Å². The molecule has 0 atom stereocenters. The molecule has 2 amide bonds. The largest absolute Gasteiger partial charge is 0.506 e. The zero-order valence-electron chi connectivity index (χ0n) is 10.2. The molecule has 0 unspecified atom stereocenters. The van der Waals surface area contributed by atoms with Crippen LogP contribution in [-0.2, 0) is 4.79 Å². The minimum atomic E-state index is -0.330. The van der Waals surface area contributed by atoms with E-state index in [2.05, 4.69) is 5.32 Å². The van der Waals surface area contributed by atoms with Gasteiger partial charge in [-0.15, -0.1) is 0 Å². The topological polar surface area (TPSA) is 69.6 Å². The Balaban J connectivity index is 2.74. The number of likely N-dealkylation sites (N-methyl/N-ethyl adjacent to an activating group) is 2. The maximum atomic E-state index is 12.0. The van der Waals surface area contributed by atoms with Crippen molar-refractivity contribution in [1.29, 1.82) is 0 Å². The third-order valence-corrected chi connectivity index (χ3v) is 2.60. The SMILES string of the molecule is CCNC(=O)CN(C)C(=O)c1ccc(O)c(Cl)c1. The average Bonchev–Trinajstić information content (AvgIpc) is 2.32. The number of halogens is 1. The summed E-state index contributed by atoms with van der Waals surface area (Å²) in [5.74, 6) is -0.638. The lowest BCUT2D eigenvalue weighted by Crippen LogP contribution is -2.38. The first-order chi connectivity index (χ1) is 8.45. The monoisotopic (exact) mass is 270 g/mol. The van der Waals surface area contributed by atoms with Crippen LogP contribution in [0, 0.1) is 0 Å². The molecule has 0 heterocycles. The number of amides is 2. The van der Waals surface area contributed by atoms with Crippen LogP contribution in [0.25, 0.3) is 0 Å². The Morgan fingerprint density at radius 1 is 1.44 bits per heavy atom. The van der Waals surface area contributed by atoms with Crippen LogP contribution in [0.2, 0.25) is 5.02 Å². The summed E-state index contributed by atoms with van der Waals surface area (Å²) in [5.41, 5.74) is 0.324. The van der Waals surface area contributed by atoms with Crippen LogP contribution < -0.4 is 5.32 Å². The molecule has 1 aromatic carbocycles. The van der Waals surface area contributed by atoms with Crippen molar-refractivity contribution in [2.75, 3.05) is 20.1 Å². The van der Waals surface area contributed by atoms with Crippen molar-refractivity contribution in [2.45, 2.75) is 6.92 Å². The second kappa shape index (κ2) is 6.26. The van der Waals surface area contributed by atoms with Gasteiger partial charge < -0.3 is 15.3 Å². The van der Waals surface area contributed by atoms with Crippen molar-refractivity contribution in [3.8, 4) is 5.75 Å². The molecule has 1 rings (SSSR count). The van der Waals surface area contributed by atoms with Gasteiger partial charge in [0, 0.05) is 19.2 Å². The number of carbonyl (C=O) groups excluding carboxylic acids is 2. The van der Waals surface area contributed by atoms with Crippen LogP contribution in [0.5, 0.6) is 5.75 Å². The Morgan fingerprint density at radius 2 is 2.11 bits per heavy atom. The maximum Gasteiger partial charge on any atom is 0.254 e. The van der Waals surface area contributed by atoms with Gasteiger partial charge in [-0.3, -0.25) is 9.59 Å². The Labute approximate surface area is 110 Å². The van der Waals surface area contributed by atoms with E-state index in [-0.39, 0.29) is 29.1 Å². The quantitative estimate of drug-likeness (QED) is 0.865. The van der Waals surface area contributed by atoms with Crippen molar-refractivity contribution in [1.82, 2.24) is 10.2 Å². The van der Waals surface area contributed by atoms with Crippen molar-refractivity contribution in [3.05, 3.63) is 28.8 Å². The number of phenols is 1.